The van der Waals surface area contributed by atoms with Crippen LogP contribution in [0.1, 0.15) is 63.7 Å². The summed E-state index contributed by atoms with van der Waals surface area (Å²) in [6.45, 7) is 1.53. The van der Waals surface area contributed by atoms with Gasteiger partial charge in [0.1, 0.15) is 23.1 Å². The van der Waals surface area contributed by atoms with E-state index < -0.39 is 97.5 Å². The van der Waals surface area contributed by atoms with Crippen LogP contribution in [-0.2, 0) is 11.2 Å². The lowest BCUT2D eigenvalue weighted by Crippen LogP contribution is -2.32. The molecule has 0 saturated carbocycles. The van der Waals surface area contributed by atoms with Crippen LogP contribution in [0.5, 0.6) is 23.0 Å². The van der Waals surface area contributed by atoms with E-state index in [4.69, 9.17) is 10.8 Å². The van der Waals surface area contributed by atoms with Crippen molar-refractivity contribution in [2.24, 2.45) is 5.73 Å². The first kappa shape index (κ1) is 26.6. The summed E-state index contributed by atoms with van der Waals surface area (Å²) in [5, 5.41) is 71.1. The van der Waals surface area contributed by atoms with Crippen molar-refractivity contribution in [3.63, 3.8) is 0 Å². The molecule has 13 nitrogen and oxygen atoms in total. The van der Waals surface area contributed by atoms with E-state index in [2.05, 4.69) is 0 Å². The maximum Gasteiger partial charge on any atom is 0.340 e. The topological polar surface area (TPSA) is 253 Å². The van der Waals surface area contributed by atoms with Gasteiger partial charge in [0.05, 0.1) is 22.3 Å². The minimum absolute atomic E-state index is 0.0135. The number of fused-ring (bicyclic) bond motifs is 2. The molecule has 4 rings (SSSR count). The van der Waals surface area contributed by atoms with E-state index in [1.165, 1.54) is 25.1 Å². The fraction of sp³-hybridized carbons (Fsp3) is 0.115. The number of carboxylic acid groups (broad SMARTS) is 3. The van der Waals surface area contributed by atoms with Gasteiger partial charge in [-0.1, -0.05) is 18.2 Å². The molecule has 3 aromatic carbocycles. The van der Waals surface area contributed by atoms with Gasteiger partial charge in [0.15, 0.2) is 23.1 Å². The average molecular weight is 537 g/mol. The van der Waals surface area contributed by atoms with Crippen molar-refractivity contribution in [2.45, 2.75) is 19.4 Å². The molecule has 9 N–H and O–H groups in total. The number of ketones is 2. The van der Waals surface area contributed by atoms with Crippen molar-refractivity contribution in [2.75, 3.05) is 0 Å². The summed E-state index contributed by atoms with van der Waals surface area (Å²) in [5.74, 6) is -12.2. The summed E-state index contributed by atoms with van der Waals surface area (Å²) in [6, 6.07) is 3.60. The maximum atomic E-state index is 13.6. The smallest absolute Gasteiger partial charge is 0.340 e. The van der Waals surface area contributed by atoms with Crippen LogP contribution < -0.4 is 5.73 Å². The van der Waals surface area contributed by atoms with Crippen molar-refractivity contribution in [3.05, 3.63) is 68.8 Å². The fourth-order valence-electron chi connectivity index (χ4n) is 4.59. The quantitative estimate of drug-likeness (QED) is 0.129. The number of aryl methyl sites for hydroxylation is 1. The largest absolute Gasteiger partial charge is 0.507 e. The van der Waals surface area contributed by atoms with Gasteiger partial charge >= 0.3 is 17.9 Å². The number of hydrogen-bond acceptors (Lipinski definition) is 10. The minimum Gasteiger partial charge on any atom is -0.507 e. The van der Waals surface area contributed by atoms with Gasteiger partial charge in [-0.2, -0.15) is 0 Å². The molecule has 0 bridgehead atoms. The third kappa shape index (κ3) is 3.97. The zero-order valence-corrected chi connectivity index (χ0v) is 19.8. The van der Waals surface area contributed by atoms with Crippen LogP contribution in [-0.4, -0.2) is 71.3 Å². The molecule has 1 atom stereocenters. The van der Waals surface area contributed by atoms with Crippen LogP contribution in [0.15, 0.2) is 24.3 Å². The Kier molecular flexibility index (Phi) is 6.25. The van der Waals surface area contributed by atoms with E-state index in [0.717, 1.165) is 0 Å². The number of aliphatic carboxylic acids is 1. The Morgan fingerprint density at radius 3 is 1.87 bits per heavy atom. The molecule has 1 aliphatic rings. The molecule has 1 aliphatic carbocycles. The minimum atomic E-state index is -1.97. The molecule has 0 unspecified atom stereocenters. The molecule has 0 spiro atoms. The highest BCUT2D eigenvalue weighted by Gasteiger charge is 2.43. The first-order chi connectivity index (χ1) is 18.2. The van der Waals surface area contributed by atoms with E-state index in [1.807, 2.05) is 0 Å². The van der Waals surface area contributed by atoms with Gasteiger partial charge in [0, 0.05) is 11.1 Å². The Bertz CT molecular complexity index is 1670. The zero-order valence-electron chi connectivity index (χ0n) is 19.8. The summed E-state index contributed by atoms with van der Waals surface area (Å²) in [4.78, 5) is 61.7. The Morgan fingerprint density at radius 2 is 1.31 bits per heavy atom. The van der Waals surface area contributed by atoms with Gasteiger partial charge in [-0.05, 0) is 36.1 Å². The lowest BCUT2D eigenvalue weighted by Gasteiger charge is -2.24. The number of hydrogen-bond donors (Lipinski definition) is 8. The van der Waals surface area contributed by atoms with Crippen molar-refractivity contribution in [3.8, 4) is 34.1 Å². The van der Waals surface area contributed by atoms with E-state index >= 15 is 0 Å². The second-order valence-corrected chi connectivity index (χ2v) is 8.81. The normalized spacial score (nSPS) is 13.0. The summed E-state index contributed by atoms with van der Waals surface area (Å²) in [6.07, 6.45) is -0.171. The molecule has 0 saturated heterocycles. The van der Waals surface area contributed by atoms with Gasteiger partial charge in [0.25, 0.3) is 0 Å². The number of carboxylic acids is 3. The van der Waals surface area contributed by atoms with Crippen LogP contribution in [0, 0.1) is 6.92 Å². The third-order valence-electron chi connectivity index (χ3n) is 6.43. The highest BCUT2D eigenvalue weighted by molar-refractivity contribution is 6.34. The monoisotopic (exact) mass is 537 g/mol. The average Bonchev–Trinajstić information content (AvgIpc) is 2.85. The van der Waals surface area contributed by atoms with Crippen LogP contribution in [0.2, 0.25) is 0 Å². The molecule has 0 radical (unpaired) electrons. The van der Waals surface area contributed by atoms with E-state index in [9.17, 15) is 54.6 Å². The number of carbonyl (C=O) groups excluding carboxylic acids is 2. The molecule has 13 heteroatoms. The second-order valence-electron chi connectivity index (χ2n) is 8.81. The van der Waals surface area contributed by atoms with Crippen molar-refractivity contribution in [1.29, 1.82) is 0 Å². The first-order valence-corrected chi connectivity index (χ1v) is 11.0. The predicted molar refractivity (Wildman–Crippen MR) is 130 cm³/mol. The SMILES string of the molecule is Cc1ccc(C[C@H](N)C(=O)O)cc1-c1c(O)c(O)c2c(c1O)C(=O)c1c(cc(O)c(C(=O)O)c1C(=O)O)C2=O. The molecule has 0 heterocycles. The highest BCUT2D eigenvalue weighted by Crippen LogP contribution is 2.52. The number of rotatable bonds is 6. The Morgan fingerprint density at radius 1 is 0.744 bits per heavy atom. The van der Waals surface area contributed by atoms with Crippen LogP contribution in [0.25, 0.3) is 11.1 Å². The number of benzene rings is 3. The lowest BCUT2D eigenvalue weighted by atomic mass is 9.77. The Balaban J connectivity index is 2.05. The van der Waals surface area contributed by atoms with Crippen LogP contribution in [0.3, 0.4) is 0 Å². The van der Waals surface area contributed by atoms with Crippen LogP contribution in [0.4, 0.5) is 0 Å². The third-order valence-corrected chi connectivity index (χ3v) is 6.43. The summed E-state index contributed by atoms with van der Waals surface area (Å²) >= 11 is 0. The highest BCUT2D eigenvalue weighted by atomic mass is 16.4. The molecular weight excluding hydrogens is 518 g/mol. The van der Waals surface area contributed by atoms with Gasteiger partial charge in [-0.15, -0.1) is 0 Å². The second kappa shape index (κ2) is 9.15. The summed E-state index contributed by atoms with van der Waals surface area (Å²) in [5.41, 5.74) is -0.137. The summed E-state index contributed by atoms with van der Waals surface area (Å²) in [7, 11) is 0. The number of phenols is 4. The van der Waals surface area contributed by atoms with Gasteiger partial charge in [-0.25, -0.2) is 9.59 Å². The Hall–Kier alpha value is -5.43. The zero-order chi connectivity index (χ0) is 29.1. The van der Waals surface area contributed by atoms with E-state index in [0.29, 0.717) is 17.2 Å². The van der Waals surface area contributed by atoms with Crippen molar-refractivity contribution >= 4 is 29.5 Å². The molecule has 39 heavy (non-hydrogen) atoms. The van der Waals surface area contributed by atoms with Crippen molar-refractivity contribution < 1.29 is 59.7 Å². The molecule has 0 amide bonds. The van der Waals surface area contributed by atoms with Gasteiger partial charge < -0.3 is 41.5 Å². The molecule has 0 fully saturated rings. The number of aromatic carboxylic acids is 2. The number of carbonyl (C=O) groups is 5. The standard InChI is InChI=1S/C26H19NO12/c1-7-2-3-8(5-11(27)24(34)35)4-9(7)14-21(31)18-17(23(33)22(14)32)19(29)10-6-12(28)15(25(36)37)16(26(38)39)13(10)20(18)30/h2-4,6,11,28,31-33H,5,27H2,1H3,(H,34,35)(H,36,37)(H,38,39)/t11-/m0/s1. The lowest BCUT2D eigenvalue weighted by molar-refractivity contribution is -0.138. The maximum absolute atomic E-state index is 13.6. The van der Waals surface area contributed by atoms with Gasteiger partial charge in [0.2, 0.25) is 0 Å². The Labute approximate surface area is 217 Å². The fourth-order valence-corrected chi connectivity index (χ4v) is 4.59. The van der Waals surface area contributed by atoms with Gasteiger partial charge in [-0.3, -0.25) is 14.4 Å². The number of phenolic OH excluding ortho intramolecular Hbond substituents is 3. The number of nitrogens with two attached hydrogens (primary N) is 1. The van der Waals surface area contributed by atoms with E-state index in [-0.39, 0.29) is 12.0 Å². The van der Waals surface area contributed by atoms with Crippen LogP contribution >= 0.6 is 0 Å². The van der Waals surface area contributed by atoms with E-state index in [1.54, 1.807) is 0 Å². The molecule has 0 aromatic heterocycles. The van der Waals surface area contributed by atoms with Crippen molar-refractivity contribution in [1.82, 2.24) is 0 Å². The molecular formula is C26H19NO12. The molecule has 200 valence electrons. The number of aromatic hydroxyl groups is 4. The molecule has 0 aliphatic heterocycles. The molecule has 3 aromatic rings. The summed E-state index contributed by atoms with van der Waals surface area (Å²) < 4.78 is 0. The first-order valence-electron chi connectivity index (χ1n) is 11.0. The predicted octanol–water partition coefficient (Wildman–Crippen LogP) is 1.61.